The first-order chi connectivity index (χ1) is 18.6. The second-order valence-corrected chi connectivity index (χ2v) is 9.14. The van der Waals surface area contributed by atoms with Crippen LogP contribution in [0.3, 0.4) is 0 Å². The Labute approximate surface area is 235 Å². The molecule has 2 aromatic heterocycles. The Kier molecular flexibility index (Phi) is 12.5. The number of hydrogen-bond donors (Lipinski definition) is 1. The monoisotopic (exact) mass is 594 g/mol. The average molecular weight is 595 g/mol. The molecule has 4 rings (SSSR count). The highest BCUT2D eigenvalue weighted by molar-refractivity contribution is 9.08. The van der Waals surface area contributed by atoms with Crippen molar-refractivity contribution in [1.82, 2.24) is 29.3 Å². The van der Waals surface area contributed by atoms with E-state index in [0.29, 0.717) is 12.1 Å². The predicted octanol–water partition coefficient (Wildman–Crippen LogP) is 3.05. The highest BCUT2D eigenvalue weighted by Gasteiger charge is 2.08. The lowest BCUT2D eigenvalue weighted by atomic mass is 10.1. The summed E-state index contributed by atoms with van der Waals surface area (Å²) in [5, 5.41) is 0.823. The van der Waals surface area contributed by atoms with Crippen molar-refractivity contribution in [3.05, 3.63) is 129 Å². The Hall–Kier alpha value is -4.38. The highest BCUT2D eigenvalue weighted by Crippen LogP contribution is 2.09. The average Bonchev–Trinajstić information content (AvgIpc) is 2.95. The molecular formula is C28H31BrN6O4. The molecule has 0 saturated heterocycles. The van der Waals surface area contributed by atoms with Crippen molar-refractivity contribution in [2.45, 2.75) is 11.9 Å². The molecule has 0 aliphatic rings. The van der Waals surface area contributed by atoms with E-state index in [1.54, 1.807) is 45.2 Å². The second kappa shape index (κ2) is 15.8. The van der Waals surface area contributed by atoms with Gasteiger partial charge in [0.2, 0.25) is 0 Å². The molecule has 2 amide bonds. The molecule has 0 aliphatic carbocycles. The third-order valence-electron chi connectivity index (χ3n) is 5.11. The van der Waals surface area contributed by atoms with Crippen LogP contribution >= 0.6 is 15.9 Å². The van der Waals surface area contributed by atoms with E-state index in [9.17, 15) is 19.2 Å². The summed E-state index contributed by atoms with van der Waals surface area (Å²) >= 11 is 3.35. The number of rotatable bonds is 5. The van der Waals surface area contributed by atoms with Gasteiger partial charge in [0.05, 0.1) is 19.2 Å². The van der Waals surface area contributed by atoms with Gasteiger partial charge in [0.1, 0.15) is 0 Å². The fraction of sp³-hybridized carbons (Fsp3) is 0.214. The van der Waals surface area contributed by atoms with Gasteiger partial charge in [0, 0.05) is 69.2 Å². The molecule has 0 aliphatic heterocycles. The number of amides is 2. The van der Waals surface area contributed by atoms with Crippen LogP contribution in [0.1, 0.15) is 31.8 Å². The third kappa shape index (κ3) is 10.5. The van der Waals surface area contributed by atoms with Crippen molar-refractivity contribution >= 4 is 27.7 Å². The van der Waals surface area contributed by atoms with Crippen LogP contribution in [0.4, 0.5) is 0 Å². The first-order valence-electron chi connectivity index (χ1n) is 11.8. The lowest BCUT2D eigenvalue weighted by molar-refractivity contribution is 0.0820. The van der Waals surface area contributed by atoms with Crippen molar-refractivity contribution in [2.24, 2.45) is 0 Å². The molecule has 0 bridgehead atoms. The lowest BCUT2D eigenvalue weighted by Gasteiger charge is -2.10. The number of alkyl halides is 1. The molecule has 39 heavy (non-hydrogen) atoms. The van der Waals surface area contributed by atoms with Crippen LogP contribution in [-0.4, -0.2) is 69.3 Å². The van der Waals surface area contributed by atoms with Crippen LogP contribution in [-0.2, 0) is 11.9 Å². The first-order valence-corrected chi connectivity index (χ1v) is 12.9. The summed E-state index contributed by atoms with van der Waals surface area (Å²) in [5.74, 6) is 0.00576. The van der Waals surface area contributed by atoms with E-state index in [1.807, 2.05) is 36.4 Å². The van der Waals surface area contributed by atoms with Gasteiger partial charge in [-0.15, -0.1) is 0 Å². The summed E-state index contributed by atoms with van der Waals surface area (Å²) in [6, 6.07) is 17.6. The molecule has 10 nitrogen and oxygen atoms in total. The van der Waals surface area contributed by atoms with E-state index < -0.39 is 0 Å². The molecule has 0 radical (unpaired) electrons. The van der Waals surface area contributed by atoms with Crippen molar-refractivity contribution in [3.63, 3.8) is 0 Å². The van der Waals surface area contributed by atoms with E-state index in [2.05, 4.69) is 30.9 Å². The maximum atomic E-state index is 11.7. The van der Waals surface area contributed by atoms with Crippen molar-refractivity contribution < 1.29 is 9.59 Å². The van der Waals surface area contributed by atoms with Crippen LogP contribution < -0.4 is 11.1 Å². The highest BCUT2D eigenvalue weighted by atomic mass is 79.9. The van der Waals surface area contributed by atoms with E-state index in [4.69, 9.17) is 0 Å². The van der Waals surface area contributed by atoms with Gasteiger partial charge in [-0.3, -0.25) is 23.7 Å². The van der Waals surface area contributed by atoms with E-state index in [0.717, 1.165) is 16.5 Å². The SMILES string of the molecule is CN(C)C(=O)c1ccc(CBr)cc1.CN(C)C(=O)c1ccc(Cn2cnccc2=O)cc1.O=c1ccnc[nH]1. The van der Waals surface area contributed by atoms with Gasteiger partial charge in [-0.2, -0.15) is 0 Å². The van der Waals surface area contributed by atoms with Gasteiger partial charge in [0.15, 0.2) is 0 Å². The van der Waals surface area contributed by atoms with E-state index >= 15 is 0 Å². The van der Waals surface area contributed by atoms with Gasteiger partial charge < -0.3 is 14.8 Å². The number of benzene rings is 2. The molecule has 0 atom stereocenters. The normalized spacial score (nSPS) is 9.77. The molecule has 204 valence electrons. The number of aromatic nitrogens is 4. The van der Waals surface area contributed by atoms with Crippen molar-refractivity contribution in [2.75, 3.05) is 28.2 Å². The van der Waals surface area contributed by atoms with Gasteiger partial charge in [-0.1, -0.05) is 40.2 Å². The maximum absolute atomic E-state index is 11.7. The van der Waals surface area contributed by atoms with Crippen molar-refractivity contribution in [3.8, 4) is 0 Å². The zero-order valence-electron chi connectivity index (χ0n) is 22.2. The topological polar surface area (TPSA) is 121 Å². The summed E-state index contributed by atoms with van der Waals surface area (Å²) in [4.78, 5) is 57.9. The summed E-state index contributed by atoms with van der Waals surface area (Å²) < 4.78 is 1.52. The number of nitrogens with zero attached hydrogens (tertiary/aromatic N) is 5. The molecule has 2 aromatic carbocycles. The molecule has 11 heteroatoms. The largest absolute Gasteiger partial charge is 0.345 e. The van der Waals surface area contributed by atoms with Gasteiger partial charge in [-0.05, 0) is 35.4 Å². The summed E-state index contributed by atoms with van der Waals surface area (Å²) in [6.45, 7) is 0.448. The number of aromatic amines is 1. The Morgan fingerprint density at radius 1 is 0.769 bits per heavy atom. The van der Waals surface area contributed by atoms with Crippen LogP contribution in [0.5, 0.6) is 0 Å². The van der Waals surface area contributed by atoms with Crippen LogP contribution in [0.15, 0.2) is 95.3 Å². The third-order valence-corrected chi connectivity index (χ3v) is 5.75. The summed E-state index contributed by atoms with van der Waals surface area (Å²) in [7, 11) is 6.93. The minimum Gasteiger partial charge on any atom is -0.345 e. The number of hydrogen-bond acceptors (Lipinski definition) is 6. The maximum Gasteiger partial charge on any atom is 0.253 e. The zero-order valence-corrected chi connectivity index (χ0v) is 23.8. The number of carbonyl (C=O) groups excluding carboxylic acids is 2. The minimum atomic E-state index is -0.116. The number of H-pyrrole nitrogens is 1. The quantitative estimate of drug-likeness (QED) is 0.354. The Balaban J connectivity index is 0.000000229. The number of carbonyl (C=O) groups is 2. The van der Waals surface area contributed by atoms with Crippen LogP contribution in [0.25, 0.3) is 0 Å². The lowest BCUT2D eigenvalue weighted by Crippen LogP contribution is -2.22. The Bertz CT molecular complexity index is 1430. The molecule has 1 N–H and O–H groups in total. The Morgan fingerprint density at radius 3 is 1.67 bits per heavy atom. The Morgan fingerprint density at radius 2 is 1.28 bits per heavy atom. The summed E-state index contributed by atoms with van der Waals surface area (Å²) in [6.07, 6.45) is 5.76. The molecule has 0 fully saturated rings. The van der Waals surface area contributed by atoms with E-state index in [-0.39, 0.29) is 22.9 Å². The summed E-state index contributed by atoms with van der Waals surface area (Å²) in [5.41, 5.74) is 3.28. The standard InChI is InChI=1S/C14H15N3O2.C10H12BrNO.C4H4N2O/c1-16(2)14(19)12-5-3-11(4-6-12)9-17-10-15-8-7-13(17)18;1-12(2)10(13)9-5-3-8(7-11)4-6-9;7-4-1-2-5-3-6-4/h3-8,10H,9H2,1-2H3;3-6H,7H2,1-2H3;1-3H,(H,5,6,7). The first kappa shape index (κ1) is 30.8. The minimum absolute atomic E-state index is 0.0369. The van der Waals surface area contributed by atoms with Crippen molar-refractivity contribution in [1.29, 1.82) is 0 Å². The predicted molar refractivity (Wildman–Crippen MR) is 154 cm³/mol. The molecule has 4 aromatic rings. The zero-order chi connectivity index (χ0) is 28.8. The van der Waals surface area contributed by atoms with E-state index in [1.165, 1.54) is 52.2 Å². The van der Waals surface area contributed by atoms with Crippen LogP contribution in [0.2, 0.25) is 0 Å². The second-order valence-electron chi connectivity index (χ2n) is 8.58. The number of halogens is 1. The number of nitrogens with one attached hydrogen (secondary N) is 1. The van der Waals surface area contributed by atoms with Crippen LogP contribution in [0, 0.1) is 0 Å². The molecule has 2 heterocycles. The molecule has 0 saturated carbocycles. The smallest absolute Gasteiger partial charge is 0.253 e. The molecular weight excluding hydrogens is 564 g/mol. The van der Waals surface area contributed by atoms with Gasteiger partial charge >= 0.3 is 0 Å². The molecule has 0 spiro atoms. The van der Waals surface area contributed by atoms with Gasteiger partial charge in [-0.25, -0.2) is 9.97 Å². The van der Waals surface area contributed by atoms with Gasteiger partial charge in [0.25, 0.3) is 22.9 Å². The fourth-order valence-electron chi connectivity index (χ4n) is 3.00. The fourth-order valence-corrected chi connectivity index (χ4v) is 3.38. The molecule has 0 unspecified atom stereocenters.